The zero-order valence-corrected chi connectivity index (χ0v) is 8.26. The van der Waals surface area contributed by atoms with Gasteiger partial charge >= 0.3 is 0 Å². The summed E-state index contributed by atoms with van der Waals surface area (Å²) < 4.78 is 5.31. The van der Waals surface area contributed by atoms with Crippen molar-refractivity contribution in [2.45, 2.75) is 0 Å². The van der Waals surface area contributed by atoms with Crippen LogP contribution in [0.5, 0.6) is 0 Å². The summed E-state index contributed by atoms with van der Waals surface area (Å²) in [5.41, 5.74) is 0.868. The van der Waals surface area contributed by atoms with Gasteiger partial charge in [-0.05, 0) is 12.1 Å². The van der Waals surface area contributed by atoms with E-state index < -0.39 is 0 Å². The molecule has 3 rings (SSSR count). The Bertz CT molecular complexity index is 474. The van der Waals surface area contributed by atoms with Gasteiger partial charge in [0.2, 0.25) is 0 Å². The van der Waals surface area contributed by atoms with Crippen LogP contribution < -0.4 is 4.90 Å². The molecule has 0 amide bonds. The summed E-state index contributed by atoms with van der Waals surface area (Å²) in [6.07, 6.45) is 3.44. The molecule has 1 aliphatic rings. The van der Waals surface area contributed by atoms with Gasteiger partial charge in [-0.15, -0.1) is 0 Å². The van der Waals surface area contributed by atoms with Gasteiger partial charge in [0.1, 0.15) is 11.4 Å². The normalized spacial score (nSPS) is 17.0. The van der Waals surface area contributed by atoms with Crippen LogP contribution in [-0.2, 0) is 0 Å². The van der Waals surface area contributed by atoms with Crippen LogP contribution in [0.15, 0.2) is 29.0 Å². The smallest absolute Gasteiger partial charge is 0.139 e. The summed E-state index contributed by atoms with van der Waals surface area (Å²) in [5.74, 6) is 1.36. The van der Waals surface area contributed by atoms with Crippen molar-refractivity contribution < 1.29 is 9.52 Å². The number of hydrogen-bond acceptors (Lipinski definition) is 4. The Morgan fingerprint density at radius 3 is 3.13 bits per heavy atom. The van der Waals surface area contributed by atoms with Gasteiger partial charge in [0, 0.05) is 31.8 Å². The Morgan fingerprint density at radius 1 is 1.47 bits per heavy atom. The summed E-state index contributed by atoms with van der Waals surface area (Å²) in [4.78, 5) is 6.52. The lowest BCUT2D eigenvalue weighted by Gasteiger charge is -2.39. The minimum atomic E-state index is 0.262. The molecular weight excluding hydrogens is 192 g/mol. The van der Waals surface area contributed by atoms with Crippen molar-refractivity contribution in [3.8, 4) is 0 Å². The van der Waals surface area contributed by atoms with Crippen LogP contribution in [0.3, 0.4) is 0 Å². The first-order valence-corrected chi connectivity index (χ1v) is 5.06. The van der Waals surface area contributed by atoms with Gasteiger partial charge in [0.25, 0.3) is 0 Å². The first kappa shape index (κ1) is 8.73. The van der Waals surface area contributed by atoms with E-state index in [2.05, 4.69) is 9.88 Å². The number of pyridine rings is 1. The second-order valence-corrected chi connectivity index (χ2v) is 3.92. The number of aliphatic hydroxyl groups is 1. The maximum Gasteiger partial charge on any atom is 0.139 e. The Balaban J connectivity index is 1.95. The van der Waals surface area contributed by atoms with Crippen LogP contribution in [0.1, 0.15) is 0 Å². The van der Waals surface area contributed by atoms with E-state index in [1.54, 1.807) is 12.5 Å². The predicted molar refractivity (Wildman–Crippen MR) is 56.8 cm³/mol. The third-order valence-electron chi connectivity index (χ3n) is 2.87. The number of anilines is 1. The number of furan rings is 1. The van der Waals surface area contributed by atoms with Crippen molar-refractivity contribution in [2.24, 2.45) is 5.92 Å². The first-order chi connectivity index (χ1) is 7.38. The van der Waals surface area contributed by atoms with Crippen molar-refractivity contribution in [3.05, 3.63) is 24.6 Å². The molecule has 15 heavy (non-hydrogen) atoms. The SMILES string of the molecule is OCC1CN(c2nccc3occc23)C1. The van der Waals surface area contributed by atoms with E-state index in [-0.39, 0.29) is 6.61 Å². The Kier molecular flexibility index (Phi) is 1.89. The molecule has 0 spiro atoms. The molecule has 2 aromatic heterocycles. The van der Waals surface area contributed by atoms with Gasteiger partial charge in [0.05, 0.1) is 11.6 Å². The van der Waals surface area contributed by atoms with Crippen molar-refractivity contribution in [2.75, 3.05) is 24.6 Å². The summed E-state index contributed by atoms with van der Waals surface area (Å²) in [6, 6.07) is 3.80. The number of aliphatic hydroxyl groups excluding tert-OH is 1. The molecule has 1 fully saturated rings. The largest absolute Gasteiger partial charge is 0.464 e. The second-order valence-electron chi connectivity index (χ2n) is 3.92. The lowest BCUT2D eigenvalue weighted by Crippen LogP contribution is -2.48. The highest BCUT2D eigenvalue weighted by Crippen LogP contribution is 2.29. The van der Waals surface area contributed by atoms with Crippen LogP contribution in [0, 0.1) is 5.92 Å². The lowest BCUT2D eigenvalue weighted by atomic mass is 10.0. The standard InChI is InChI=1S/C11H12N2O2/c14-7-8-5-13(6-8)11-9-2-4-15-10(9)1-3-12-11/h1-4,8,14H,5-7H2. The molecule has 0 atom stereocenters. The highest BCUT2D eigenvalue weighted by molar-refractivity contribution is 5.88. The fourth-order valence-electron chi connectivity index (χ4n) is 1.99. The zero-order valence-electron chi connectivity index (χ0n) is 8.26. The molecule has 78 valence electrons. The van der Waals surface area contributed by atoms with E-state index in [1.807, 2.05) is 12.1 Å². The highest BCUT2D eigenvalue weighted by atomic mass is 16.3. The zero-order chi connectivity index (χ0) is 10.3. The van der Waals surface area contributed by atoms with Gasteiger partial charge in [-0.2, -0.15) is 0 Å². The van der Waals surface area contributed by atoms with Gasteiger partial charge in [-0.1, -0.05) is 0 Å². The fourth-order valence-corrected chi connectivity index (χ4v) is 1.99. The molecule has 4 heteroatoms. The van der Waals surface area contributed by atoms with Crippen LogP contribution >= 0.6 is 0 Å². The van der Waals surface area contributed by atoms with Crippen molar-refractivity contribution in [3.63, 3.8) is 0 Å². The van der Waals surface area contributed by atoms with Crippen molar-refractivity contribution in [1.82, 2.24) is 4.98 Å². The molecule has 1 saturated heterocycles. The summed E-state index contributed by atoms with van der Waals surface area (Å²) >= 11 is 0. The molecule has 0 aliphatic carbocycles. The summed E-state index contributed by atoms with van der Waals surface area (Å²) in [7, 11) is 0. The molecule has 4 nitrogen and oxygen atoms in total. The van der Waals surface area contributed by atoms with Crippen LogP contribution in [0.4, 0.5) is 5.82 Å². The average Bonchev–Trinajstić information content (AvgIpc) is 2.64. The summed E-state index contributed by atoms with van der Waals surface area (Å²) in [5, 5.41) is 10.0. The molecule has 2 aromatic rings. The molecule has 0 radical (unpaired) electrons. The number of rotatable bonds is 2. The van der Waals surface area contributed by atoms with Crippen LogP contribution in [0.2, 0.25) is 0 Å². The maximum atomic E-state index is 8.96. The number of aromatic nitrogens is 1. The van der Waals surface area contributed by atoms with Gasteiger partial charge in [-0.25, -0.2) is 4.98 Å². The maximum absolute atomic E-state index is 8.96. The van der Waals surface area contributed by atoms with E-state index in [4.69, 9.17) is 9.52 Å². The third-order valence-corrected chi connectivity index (χ3v) is 2.87. The molecule has 0 saturated carbocycles. The fraction of sp³-hybridized carbons (Fsp3) is 0.364. The average molecular weight is 204 g/mol. The van der Waals surface area contributed by atoms with E-state index >= 15 is 0 Å². The predicted octanol–water partition coefficient (Wildman–Crippen LogP) is 1.26. The number of nitrogens with zero attached hydrogens (tertiary/aromatic N) is 2. The third kappa shape index (κ3) is 1.29. The highest BCUT2D eigenvalue weighted by Gasteiger charge is 2.28. The van der Waals surface area contributed by atoms with E-state index in [0.717, 1.165) is 29.9 Å². The molecular formula is C11H12N2O2. The molecule has 0 unspecified atom stereocenters. The van der Waals surface area contributed by atoms with Crippen LogP contribution in [0.25, 0.3) is 11.0 Å². The lowest BCUT2D eigenvalue weighted by molar-refractivity contribution is 0.200. The monoisotopic (exact) mass is 204 g/mol. The van der Waals surface area contributed by atoms with Gasteiger partial charge in [-0.3, -0.25) is 0 Å². The van der Waals surface area contributed by atoms with Crippen LogP contribution in [-0.4, -0.2) is 29.8 Å². The Morgan fingerprint density at radius 2 is 2.33 bits per heavy atom. The molecule has 0 bridgehead atoms. The van der Waals surface area contributed by atoms with E-state index in [0.29, 0.717) is 5.92 Å². The quantitative estimate of drug-likeness (QED) is 0.800. The minimum absolute atomic E-state index is 0.262. The topological polar surface area (TPSA) is 49.5 Å². The molecule has 0 aromatic carbocycles. The van der Waals surface area contributed by atoms with E-state index in [9.17, 15) is 0 Å². The minimum Gasteiger partial charge on any atom is -0.464 e. The van der Waals surface area contributed by atoms with Crippen molar-refractivity contribution >= 4 is 16.8 Å². The van der Waals surface area contributed by atoms with Gasteiger partial charge in [0.15, 0.2) is 0 Å². The Hall–Kier alpha value is -1.55. The molecule has 1 N–H and O–H groups in total. The summed E-state index contributed by atoms with van der Waals surface area (Å²) in [6.45, 7) is 2.03. The second kappa shape index (κ2) is 3.24. The van der Waals surface area contributed by atoms with Gasteiger partial charge < -0.3 is 14.4 Å². The Labute approximate surface area is 87.1 Å². The molecule has 3 heterocycles. The molecule has 1 aliphatic heterocycles. The first-order valence-electron chi connectivity index (χ1n) is 5.06. The van der Waals surface area contributed by atoms with E-state index in [1.165, 1.54) is 0 Å². The van der Waals surface area contributed by atoms with Crippen molar-refractivity contribution in [1.29, 1.82) is 0 Å². The number of hydrogen-bond donors (Lipinski definition) is 1. The number of fused-ring (bicyclic) bond motifs is 1.